The Balaban J connectivity index is 1.49. The van der Waals surface area contributed by atoms with Gasteiger partial charge < -0.3 is 19.7 Å². The van der Waals surface area contributed by atoms with E-state index >= 15 is 0 Å². The summed E-state index contributed by atoms with van der Waals surface area (Å²) in [7, 11) is 7.30. The summed E-state index contributed by atoms with van der Waals surface area (Å²) in [6.07, 6.45) is 1.30. The monoisotopic (exact) mass is 473 g/mol. The van der Waals surface area contributed by atoms with Crippen molar-refractivity contribution in [2.45, 2.75) is 25.4 Å². The van der Waals surface area contributed by atoms with Gasteiger partial charge in [0.1, 0.15) is 0 Å². The Morgan fingerprint density at radius 3 is 2.37 bits per heavy atom. The molecule has 3 aromatic rings. The summed E-state index contributed by atoms with van der Waals surface area (Å²) in [5.41, 5.74) is 6.04. The molecule has 1 aliphatic heterocycles. The maximum absolute atomic E-state index is 12.9. The van der Waals surface area contributed by atoms with Crippen LogP contribution in [-0.4, -0.2) is 52.2 Å². The third-order valence-corrected chi connectivity index (χ3v) is 6.70. The van der Waals surface area contributed by atoms with E-state index in [4.69, 9.17) is 9.47 Å². The maximum atomic E-state index is 12.9. The van der Waals surface area contributed by atoms with Gasteiger partial charge >= 0.3 is 0 Å². The van der Waals surface area contributed by atoms with E-state index in [1.54, 1.807) is 14.2 Å². The summed E-state index contributed by atoms with van der Waals surface area (Å²) in [5.74, 6) is 1.27. The molecule has 1 aliphatic rings. The Morgan fingerprint density at radius 2 is 1.69 bits per heavy atom. The molecule has 1 heterocycles. The van der Waals surface area contributed by atoms with Gasteiger partial charge in [0.05, 0.1) is 26.7 Å². The quantitative estimate of drug-likeness (QED) is 0.504. The summed E-state index contributed by atoms with van der Waals surface area (Å²) in [6, 6.07) is 23.0. The van der Waals surface area contributed by atoms with E-state index < -0.39 is 0 Å². The smallest absolute Gasteiger partial charge is 0.224 e. The molecule has 184 valence electrons. The number of carbonyl (C=O) groups is 1. The van der Waals surface area contributed by atoms with Crippen LogP contribution in [-0.2, 0) is 24.2 Å². The Hall–Kier alpha value is -3.51. The first-order chi connectivity index (χ1) is 17.0. The van der Waals surface area contributed by atoms with E-state index in [0.29, 0.717) is 18.0 Å². The largest absolute Gasteiger partial charge is 0.493 e. The average Bonchev–Trinajstić information content (AvgIpc) is 2.89. The van der Waals surface area contributed by atoms with Gasteiger partial charge in [-0.15, -0.1) is 0 Å². The third kappa shape index (κ3) is 5.95. The first-order valence-electron chi connectivity index (χ1n) is 12.0. The molecule has 4 rings (SSSR count). The number of nitrogens with one attached hydrogen (secondary N) is 1. The predicted octanol–water partition coefficient (Wildman–Crippen LogP) is 4.23. The molecule has 1 amide bonds. The van der Waals surface area contributed by atoms with Crippen LogP contribution in [0.5, 0.6) is 11.5 Å². The highest BCUT2D eigenvalue weighted by Crippen LogP contribution is 2.30. The van der Waals surface area contributed by atoms with Crippen molar-refractivity contribution in [2.75, 3.05) is 46.3 Å². The number of anilines is 1. The molecule has 6 heteroatoms. The fraction of sp³-hybridized carbons (Fsp3) is 0.345. The number of hydrogen-bond donors (Lipinski definition) is 1. The van der Waals surface area contributed by atoms with Gasteiger partial charge in [-0.1, -0.05) is 42.5 Å². The lowest BCUT2D eigenvalue weighted by Gasteiger charge is -2.36. The van der Waals surface area contributed by atoms with Gasteiger partial charge in [-0.25, -0.2) is 0 Å². The number of nitrogens with zero attached hydrogens (tertiary/aromatic N) is 2. The Morgan fingerprint density at radius 1 is 0.971 bits per heavy atom. The van der Waals surface area contributed by atoms with Crippen molar-refractivity contribution in [2.24, 2.45) is 0 Å². The number of benzene rings is 3. The minimum atomic E-state index is -0.00968. The van der Waals surface area contributed by atoms with Gasteiger partial charge in [0, 0.05) is 39.4 Å². The second-order valence-corrected chi connectivity index (χ2v) is 9.16. The van der Waals surface area contributed by atoms with Crippen LogP contribution in [0.25, 0.3) is 0 Å². The van der Waals surface area contributed by atoms with Crippen molar-refractivity contribution in [1.29, 1.82) is 0 Å². The molecule has 3 aromatic carbocycles. The zero-order valence-electron chi connectivity index (χ0n) is 21.1. The summed E-state index contributed by atoms with van der Waals surface area (Å²) < 4.78 is 10.7. The Kier molecular flexibility index (Phi) is 7.93. The van der Waals surface area contributed by atoms with Crippen LogP contribution in [0.15, 0.2) is 66.7 Å². The van der Waals surface area contributed by atoms with Crippen LogP contribution in [0.4, 0.5) is 5.69 Å². The average molecular weight is 474 g/mol. The first kappa shape index (κ1) is 24.6. The van der Waals surface area contributed by atoms with Crippen molar-refractivity contribution in [1.82, 2.24) is 10.2 Å². The first-order valence-corrected chi connectivity index (χ1v) is 12.0. The zero-order chi connectivity index (χ0) is 24.8. The molecule has 0 aliphatic carbocycles. The summed E-state index contributed by atoms with van der Waals surface area (Å²) in [4.78, 5) is 17.5. The number of fused-ring (bicyclic) bond motifs is 1. The number of methoxy groups -OCH3 is 2. The topological polar surface area (TPSA) is 54.0 Å². The molecule has 0 saturated heterocycles. The van der Waals surface area contributed by atoms with Crippen molar-refractivity contribution >= 4 is 11.6 Å². The van der Waals surface area contributed by atoms with Crippen LogP contribution in [0.2, 0.25) is 0 Å². The SMILES string of the molecule is COc1ccc(CC(=O)NCC(c2ccc(N(C)C)cc2)N2CCc3ccccc3C2)cc1OC. The second-order valence-electron chi connectivity index (χ2n) is 9.16. The van der Waals surface area contributed by atoms with Gasteiger partial charge in [0.25, 0.3) is 0 Å². The molecule has 0 aromatic heterocycles. The third-order valence-electron chi connectivity index (χ3n) is 6.70. The standard InChI is InChI=1S/C29H35N3O3/c1-31(2)25-12-10-23(11-13-25)26(32-16-15-22-7-5-6-8-24(22)20-32)19-30-29(33)18-21-9-14-27(34-3)28(17-21)35-4/h5-14,17,26H,15-16,18-20H2,1-4H3,(H,30,33). The van der Waals surface area contributed by atoms with Crippen molar-refractivity contribution in [3.63, 3.8) is 0 Å². The van der Waals surface area contributed by atoms with Crippen molar-refractivity contribution < 1.29 is 14.3 Å². The number of ether oxygens (including phenoxy) is 2. The van der Waals surface area contributed by atoms with E-state index in [2.05, 4.69) is 63.6 Å². The van der Waals surface area contributed by atoms with E-state index in [0.717, 1.165) is 30.8 Å². The van der Waals surface area contributed by atoms with Gasteiger partial charge in [-0.2, -0.15) is 0 Å². The molecule has 0 spiro atoms. The van der Waals surface area contributed by atoms with E-state index in [1.807, 2.05) is 32.3 Å². The van der Waals surface area contributed by atoms with E-state index in [1.165, 1.54) is 16.7 Å². The van der Waals surface area contributed by atoms with Gasteiger partial charge in [0.15, 0.2) is 11.5 Å². The van der Waals surface area contributed by atoms with Crippen molar-refractivity contribution in [3.05, 3.63) is 89.0 Å². The molecule has 1 atom stereocenters. The molecule has 35 heavy (non-hydrogen) atoms. The van der Waals surface area contributed by atoms with Gasteiger partial charge in [-0.05, 0) is 52.9 Å². The highest BCUT2D eigenvalue weighted by molar-refractivity contribution is 5.78. The van der Waals surface area contributed by atoms with E-state index in [-0.39, 0.29) is 18.4 Å². The fourth-order valence-electron chi connectivity index (χ4n) is 4.68. The second kappa shape index (κ2) is 11.3. The number of rotatable bonds is 9. The zero-order valence-corrected chi connectivity index (χ0v) is 21.1. The minimum Gasteiger partial charge on any atom is -0.493 e. The van der Waals surface area contributed by atoms with Crippen LogP contribution < -0.4 is 19.7 Å². The Bertz CT molecular complexity index is 1140. The lowest BCUT2D eigenvalue weighted by molar-refractivity contribution is -0.120. The summed E-state index contributed by atoms with van der Waals surface area (Å²) in [5, 5.41) is 3.19. The number of hydrogen-bond acceptors (Lipinski definition) is 5. The summed E-state index contributed by atoms with van der Waals surface area (Å²) in [6.45, 7) is 2.39. The van der Waals surface area contributed by atoms with Crippen LogP contribution in [0, 0.1) is 0 Å². The fourth-order valence-corrected chi connectivity index (χ4v) is 4.68. The Labute approximate surface area is 208 Å². The van der Waals surface area contributed by atoms with Crippen LogP contribution in [0.3, 0.4) is 0 Å². The van der Waals surface area contributed by atoms with Crippen LogP contribution >= 0.6 is 0 Å². The highest BCUT2D eigenvalue weighted by atomic mass is 16.5. The maximum Gasteiger partial charge on any atom is 0.224 e. The minimum absolute atomic E-state index is 0.00968. The predicted molar refractivity (Wildman–Crippen MR) is 140 cm³/mol. The molecule has 6 nitrogen and oxygen atoms in total. The molecule has 1 N–H and O–H groups in total. The molecule has 0 bridgehead atoms. The number of carbonyl (C=O) groups excluding carboxylic acids is 1. The van der Waals surface area contributed by atoms with Gasteiger partial charge in [0.2, 0.25) is 5.91 Å². The molecule has 0 fully saturated rings. The number of amides is 1. The lowest BCUT2D eigenvalue weighted by Crippen LogP contribution is -2.41. The van der Waals surface area contributed by atoms with Crippen LogP contribution in [0.1, 0.15) is 28.3 Å². The molecule has 1 unspecified atom stereocenters. The summed E-state index contributed by atoms with van der Waals surface area (Å²) >= 11 is 0. The van der Waals surface area contributed by atoms with Crippen molar-refractivity contribution in [3.8, 4) is 11.5 Å². The molecule has 0 saturated carbocycles. The lowest BCUT2D eigenvalue weighted by atomic mass is 9.96. The van der Waals surface area contributed by atoms with Gasteiger partial charge in [-0.3, -0.25) is 9.69 Å². The molecule has 0 radical (unpaired) electrons. The molecular weight excluding hydrogens is 438 g/mol. The highest BCUT2D eigenvalue weighted by Gasteiger charge is 2.25. The normalized spacial score (nSPS) is 14.1. The van der Waals surface area contributed by atoms with E-state index in [9.17, 15) is 4.79 Å². The molecular formula is C29H35N3O3.